The van der Waals surface area contributed by atoms with Crippen molar-refractivity contribution in [3.63, 3.8) is 0 Å². The minimum absolute atomic E-state index is 0.830. The van der Waals surface area contributed by atoms with E-state index in [2.05, 4.69) is 19.0 Å². The topological polar surface area (TPSA) is 59.9 Å². The van der Waals surface area contributed by atoms with Gasteiger partial charge in [0.1, 0.15) is 0 Å². The van der Waals surface area contributed by atoms with Crippen molar-refractivity contribution in [3.8, 4) is 5.75 Å². The van der Waals surface area contributed by atoms with Gasteiger partial charge in [-0.2, -0.15) is 13.5 Å². The lowest BCUT2D eigenvalue weighted by Crippen LogP contribution is -2.13. The number of para-hydroxylation sites is 1. The van der Waals surface area contributed by atoms with Crippen molar-refractivity contribution in [3.05, 3.63) is 36.0 Å². The van der Waals surface area contributed by atoms with E-state index in [0.29, 0.717) is 0 Å². The van der Waals surface area contributed by atoms with Crippen LogP contribution in [0.4, 0.5) is 0 Å². The lowest BCUT2D eigenvalue weighted by atomic mass is 10.2. The van der Waals surface area contributed by atoms with Gasteiger partial charge in [-0.1, -0.05) is 18.2 Å². The van der Waals surface area contributed by atoms with E-state index in [-0.39, 0.29) is 0 Å². The number of nitrogens with zero attached hydrogens (tertiary/aromatic N) is 3. The lowest BCUT2D eigenvalue weighted by Gasteiger charge is -2.11. The molecule has 0 saturated carbocycles. The summed E-state index contributed by atoms with van der Waals surface area (Å²) in [5, 5.41) is 0. The van der Waals surface area contributed by atoms with Crippen molar-refractivity contribution in [2.24, 2.45) is 0 Å². The molecule has 5 nitrogen and oxygen atoms in total. The molecule has 3 rings (SSSR count). The van der Waals surface area contributed by atoms with E-state index in [1.807, 2.05) is 30.3 Å². The van der Waals surface area contributed by atoms with Gasteiger partial charge in [-0.15, -0.1) is 0 Å². The molecule has 1 aliphatic rings. The Bertz CT molecular complexity index is 441. The molecule has 0 radical (unpaired) electrons. The molecule has 0 amide bonds. The second-order valence-electron chi connectivity index (χ2n) is 2.63. The predicted molar refractivity (Wildman–Crippen MR) is 66.6 cm³/mol. The summed E-state index contributed by atoms with van der Waals surface area (Å²) in [6.07, 6.45) is 3.74. The molecule has 8 heteroatoms. The van der Waals surface area contributed by atoms with Crippen LogP contribution in [0.1, 0.15) is 5.56 Å². The van der Waals surface area contributed by atoms with Gasteiger partial charge in [0.2, 0.25) is 0 Å². The van der Waals surface area contributed by atoms with Crippen molar-refractivity contribution in [2.45, 2.75) is 0 Å². The van der Waals surface area contributed by atoms with Gasteiger partial charge in [0.15, 0.2) is 31.3 Å². The largest absolute Gasteiger partial charge is 0.382 e. The Balaban J connectivity index is 0.000000138. The Morgan fingerprint density at radius 3 is 2.31 bits per heavy atom. The summed E-state index contributed by atoms with van der Waals surface area (Å²) in [4.78, 5) is 5.09. The smallest absolute Gasteiger partial charge is 0.166 e. The number of hydroxylamine groups is 1. The van der Waals surface area contributed by atoms with Crippen molar-refractivity contribution in [1.29, 1.82) is 0 Å². The van der Waals surface area contributed by atoms with Crippen LogP contribution in [0.5, 0.6) is 5.75 Å². The number of rotatable bonds is 0. The first-order chi connectivity index (χ1) is 7.97. The third-order valence-corrected chi connectivity index (χ3v) is 3.58. The molecule has 0 spiro atoms. The summed E-state index contributed by atoms with van der Waals surface area (Å²) >= 11 is 0. The molecule has 1 aromatic carbocycles. The van der Waals surface area contributed by atoms with E-state index in [4.69, 9.17) is 4.84 Å². The zero-order valence-corrected chi connectivity index (χ0v) is 10.7. The second-order valence-corrected chi connectivity index (χ2v) is 5.31. The maximum atomic E-state index is 5.09. The van der Waals surface area contributed by atoms with E-state index in [1.54, 1.807) is 6.20 Å². The van der Waals surface area contributed by atoms with Crippen molar-refractivity contribution >= 4 is 31.6 Å². The quantitative estimate of drug-likeness (QED) is 0.795. The molecule has 1 aromatic heterocycles. The normalized spacial score (nSPS) is 12.8. The number of aromatic nitrogens is 3. The third kappa shape index (κ3) is 3.46. The maximum Gasteiger partial charge on any atom is 0.166 e. The first-order valence-electron chi connectivity index (χ1n) is 4.35. The van der Waals surface area contributed by atoms with Crippen LogP contribution in [-0.4, -0.2) is 13.5 Å². The molecular formula is C8H7N4OP3. The van der Waals surface area contributed by atoms with Gasteiger partial charge in [-0.25, -0.2) is 5.48 Å². The van der Waals surface area contributed by atoms with E-state index >= 15 is 0 Å². The average molecular weight is 268 g/mol. The molecule has 0 unspecified atom stereocenters. The van der Waals surface area contributed by atoms with E-state index < -0.39 is 0 Å². The van der Waals surface area contributed by atoms with Gasteiger partial charge in [0, 0.05) is 11.8 Å². The number of benzene rings is 1. The minimum atomic E-state index is 0.830. The van der Waals surface area contributed by atoms with Crippen LogP contribution in [0.25, 0.3) is 6.08 Å². The van der Waals surface area contributed by atoms with Crippen molar-refractivity contribution in [2.75, 3.05) is 0 Å². The predicted octanol–water partition coefficient (Wildman–Crippen LogP) is 3.17. The standard InChI is InChI=1S/C8H7NO.N3P3/c1-2-4-8-7(3-1)5-6-9-10-8;1-4-2-6-3-5-1/h1-6,9H;. The van der Waals surface area contributed by atoms with Crippen LogP contribution in [0, 0.1) is 0 Å². The second kappa shape index (κ2) is 6.44. The SMILES string of the molecule is C1=Cc2ccccc2ON1.n1pnpnp1. The molecule has 1 N–H and O–H groups in total. The number of fused-ring (bicyclic) bond motifs is 1. The van der Waals surface area contributed by atoms with Crippen LogP contribution in [0.2, 0.25) is 0 Å². The highest BCUT2D eigenvalue weighted by molar-refractivity contribution is 7.43. The molecule has 1 aliphatic heterocycles. The summed E-state index contributed by atoms with van der Waals surface area (Å²) in [7, 11) is 2.49. The molecular weight excluding hydrogens is 261 g/mol. The summed E-state index contributed by atoms with van der Waals surface area (Å²) in [6.45, 7) is 0. The fourth-order valence-corrected chi connectivity index (χ4v) is 2.86. The first-order valence-corrected chi connectivity index (χ1v) is 6.75. The highest BCUT2D eigenvalue weighted by Gasteiger charge is 2.01. The molecule has 0 aliphatic carbocycles. The Kier molecular flexibility index (Phi) is 4.57. The Morgan fingerprint density at radius 1 is 1.00 bits per heavy atom. The summed E-state index contributed by atoms with van der Waals surface area (Å²) in [5.74, 6) is 0.880. The van der Waals surface area contributed by atoms with Crippen LogP contribution < -0.4 is 10.3 Å². The minimum Gasteiger partial charge on any atom is -0.382 e. The number of nitrogens with one attached hydrogen (secondary N) is 1. The van der Waals surface area contributed by atoms with Crippen LogP contribution >= 0.6 is 25.5 Å². The number of hydrogen-bond acceptors (Lipinski definition) is 5. The molecule has 2 heterocycles. The molecule has 16 heavy (non-hydrogen) atoms. The van der Waals surface area contributed by atoms with E-state index in [0.717, 1.165) is 36.8 Å². The Hall–Kier alpha value is -1.14. The first kappa shape index (κ1) is 11.3. The van der Waals surface area contributed by atoms with Crippen molar-refractivity contribution < 1.29 is 4.84 Å². The van der Waals surface area contributed by atoms with Crippen LogP contribution in [0.3, 0.4) is 0 Å². The zero-order chi connectivity index (χ0) is 11.1. The summed E-state index contributed by atoms with van der Waals surface area (Å²) in [5.41, 5.74) is 3.77. The molecule has 80 valence electrons. The van der Waals surface area contributed by atoms with E-state index in [1.165, 1.54) is 0 Å². The van der Waals surface area contributed by atoms with Crippen LogP contribution in [0.15, 0.2) is 30.5 Å². The van der Waals surface area contributed by atoms with Gasteiger partial charge in [0.05, 0.1) is 0 Å². The summed E-state index contributed by atoms with van der Waals surface area (Å²) in [6, 6.07) is 7.86. The Morgan fingerprint density at radius 2 is 1.69 bits per heavy atom. The molecule has 0 atom stereocenters. The zero-order valence-electron chi connectivity index (χ0n) is 8.06. The lowest BCUT2D eigenvalue weighted by molar-refractivity contribution is 0.239. The monoisotopic (exact) mass is 268 g/mol. The van der Waals surface area contributed by atoms with Crippen LogP contribution in [-0.2, 0) is 0 Å². The van der Waals surface area contributed by atoms with Gasteiger partial charge in [0.25, 0.3) is 0 Å². The van der Waals surface area contributed by atoms with Gasteiger partial charge in [-0.05, 0) is 12.1 Å². The van der Waals surface area contributed by atoms with Gasteiger partial charge in [-0.3, -0.25) is 0 Å². The average Bonchev–Trinajstić information content (AvgIpc) is 2.42. The number of hydrogen-bond donors (Lipinski definition) is 1. The Labute approximate surface area is 97.7 Å². The molecule has 0 bridgehead atoms. The maximum absolute atomic E-state index is 5.09. The van der Waals surface area contributed by atoms with Gasteiger partial charge >= 0.3 is 0 Å². The van der Waals surface area contributed by atoms with E-state index in [9.17, 15) is 0 Å². The molecule has 0 saturated heterocycles. The van der Waals surface area contributed by atoms with Crippen molar-refractivity contribution in [1.82, 2.24) is 19.0 Å². The fourth-order valence-electron chi connectivity index (χ4n) is 1.04. The highest BCUT2D eigenvalue weighted by atomic mass is 31.1. The highest BCUT2D eigenvalue weighted by Crippen LogP contribution is 2.20. The summed E-state index contributed by atoms with van der Waals surface area (Å²) < 4.78 is 11.3. The van der Waals surface area contributed by atoms with Gasteiger partial charge < -0.3 is 4.84 Å². The fraction of sp³-hybridized carbons (Fsp3) is 0. The molecule has 0 fully saturated rings. The molecule has 2 aromatic rings. The third-order valence-electron chi connectivity index (χ3n) is 1.66.